The molecule has 2 heterocycles. The lowest BCUT2D eigenvalue weighted by Gasteiger charge is -2.31. The fourth-order valence-electron chi connectivity index (χ4n) is 3.98. The van der Waals surface area contributed by atoms with Crippen molar-refractivity contribution in [1.82, 2.24) is 9.29 Å². The van der Waals surface area contributed by atoms with Crippen LogP contribution in [0.3, 0.4) is 0 Å². The lowest BCUT2D eigenvalue weighted by molar-refractivity contribution is 0.320. The van der Waals surface area contributed by atoms with Gasteiger partial charge in [-0.3, -0.25) is 0 Å². The second kappa shape index (κ2) is 7.86. The molecule has 1 aliphatic heterocycles. The van der Waals surface area contributed by atoms with Crippen LogP contribution >= 0.6 is 11.6 Å². The van der Waals surface area contributed by atoms with Gasteiger partial charge in [-0.2, -0.15) is 4.31 Å². The first-order valence-electron chi connectivity index (χ1n) is 9.64. The van der Waals surface area contributed by atoms with Crippen LogP contribution in [0.15, 0.2) is 65.8 Å². The van der Waals surface area contributed by atoms with Gasteiger partial charge in [0.15, 0.2) is 0 Å². The SMILES string of the molecule is C=C(C)Nc1ccc(S(=O)(=O)N2CCC(c3c[nH]c4ccccc34)CC2)cc1Cl. The molecule has 0 amide bonds. The number of H-pyrrole nitrogens is 1. The number of hydrogen-bond donors (Lipinski definition) is 2. The largest absolute Gasteiger partial charge is 0.361 e. The van der Waals surface area contributed by atoms with Crippen LogP contribution in [0.2, 0.25) is 5.02 Å². The zero-order valence-corrected chi connectivity index (χ0v) is 17.9. The van der Waals surface area contributed by atoms with Gasteiger partial charge in [-0.15, -0.1) is 0 Å². The Morgan fingerprint density at radius 3 is 2.62 bits per heavy atom. The van der Waals surface area contributed by atoms with Gasteiger partial charge >= 0.3 is 0 Å². The summed E-state index contributed by atoms with van der Waals surface area (Å²) < 4.78 is 27.8. The van der Waals surface area contributed by atoms with E-state index in [1.807, 2.05) is 19.1 Å². The average Bonchev–Trinajstić information content (AvgIpc) is 3.13. The topological polar surface area (TPSA) is 65.2 Å². The van der Waals surface area contributed by atoms with Crippen molar-refractivity contribution in [3.05, 3.63) is 71.5 Å². The number of fused-ring (bicyclic) bond motifs is 1. The van der Waals surface area contributed by atoms with Crippen molar-refractivity contribution in [3.63, 3.8) is 0 Å². The number of benzene rings is 2. The molecule has 0 atom stereocenters. The van der Waals surface area contributed by atoms with Crippen molar-refractivity contribution in [3.8, 4) is 0 Å². The van der Waals surface area contributed by atoms with Crippen molar-refractivity contribution in [2.24, 2.45) is 0 Å². The van der Waals surface area contributed by atoms with E-state index >= 15 is 0 Å². The predicted molar refractivity (Wildman–Crippen MR) is 119 cm³/mol. The van der Waals surface area contributed by atoms with Gasteiger partial charge in [0, 0.05) is 35.9 Å². The molecule has 1 aromatic heterocycles. The second-order valence-corrected chi connectivity index (χ2v) is 9.86. The Labute approximate surface area is 176 Å². The Kier molecular flexibility index (Phi) is 5.42. The number of allylic oxidation sites excluding steroid dienone is 1. The van der Waals surface area contributed by atoms with Gasteiger partial charge in [0.25, 0.3) is 0 Å². The third kappa shape index (κ3) is 3.92. The van der Waals surface area contributed by atoms with Crippen molar-refractivity contribution in [2.75, 3.05) is 18.4 Å². The van der Waals surface area contributed by atoms with E-state index in [9.17, 15) is 8.42 Å². The molecule has 0 radical (unpaired) electrons. The summed E-state index contributed by atoms with van der Waals surface area (Å²) in [5, 5.41) is 4.62. The summed E-state index contributed by atoms with van der Waals surface area (Å²) in [6.07, 6.45) is 3.65. The fraction of sp³-hybridized carbons (Fsp3) is 0.273. The zero-order chi connectivity index (χ0) is 20.6. The van der Waals surface area contributed by atoms with E-state index in [0.29, 0.717) is 29.7 Å². The number of sulfonamides is 1. The lowest BCUT2D eigenvalue weighted by Crippen LogP contribution is -2.37. The Morgan fingerprint density at radius 1 is 1.21 bits per heavy atom. The number of nitrogens with one attached hydrogen (secondary N) is 2. The van der Waals surface area contributed by atoms with Crippen LogP contribution in [-0.4, -0.2) is 30.8 Å². The Balaban J connectivity index is 1.50. The number of nitrogens with zero attached hydrogens (tertiary/aromatic N) is 1. The highest BCUT2D eigenvalue weighted by atomic mass is 35.5. The lowest BCUT2D eigenvalue weighted by atomic mass is 9.90. The molecular weight excluding hydrogens is 406 g/mol. The van der Waals surface area contributed by atoms with Crippen molar-refractivity contribution >= 4 is 38.2 Å². The van der Waals surface area contributed by atoms with E-state index < -0.39 is 10.0 Å². The van der Waals surface area contributed by atoms with E-state index in [4.69, 9.17) is 11.6 Å². The van der Waals surface area contributed by atoms with Crippen LogP contribution in [0.1, 0.15) is 31.2 Å². The number of piperidine rings is 1. The van der Waals surface area contributed by atoms with E-state index in [0.717, 1.165) is 24.1 Å². The van der Waals surface area contributed by atoms with E-state index in [2.05, 4.69) is 35.2 Å². The summed E-state index contributed by atoms with van der Waals surface area (Å²) in [5.74, 6) is 0.350. The molecule has 0 saturated carbocycles. The number of anilines is 1. The molecule has 152 valence electrons. The van der Waals surface area contributed by atoms with Crippen molar-refractivity contribution in [2.45, 2.75) is 30.6 Å². The van der Waals surface area contributed by atoms with Crippen LogP contribution in [0, 0.1) is 0 Å². The smallest absolute Gasteiger partial charge is 0.243 e. The maximum absolute atomic E-state index is 13.1. The highest BCUT2D eigenvalue weighted by Gasteiger charge is 2.31. The number of hydrogen-bond acceptors (Lipinski definition) is 3. The standard InChI is InChI=1S/C22H24ClN3O2S/c1-15(2)25-22-8-7-17(13-20(22)23)29(27,28)26-11-9-16(10-12-26)19-14-24-21-6-4-3-5-18(19)21/h3-8,13-14,16,24-25H,1,9-12H2,2H3. The number of aromatic nitrogens is 1. The Morgan fingerprint density at radius 2 is 1.93 bits per heavy atom. The fourth-order valence-corrected chi connectivity index (χ4v) is 5.76. The first-order valence-corrected chi connectivity index (χ1v) is 11.5. The summed E-state index contributed by atoms with van der Waals surface area (Å²) in [4.78, 5) is 3.54. The summed E-state index contributed by atoms with van der Waals surface area (Å²) in [6, 6.07) is 13.0. The third-order valence-corrected chi connectivity index (χ3v) is 7.65. The maximum Gasteiger partial charge on any atom is 0.243 e. The van der Waals surface area contributed by atoms with Gasteiger partial charge in [0.2, 0.25) is 10.0 Å². The molecule has 1 fully saturated rings. The molecule has 0 spiro atoms. The summed E-state index contributed by atoms with van der Waals surface area (Å²) in [7, 11) is -3.57. The van der Waals surface area contributed by atoms with E-state index in [1.54, 1.807) is 16.4 Å². The second-order valence-electron chi connectivity index (χ2n) is 7.51. The number of halogens is 1. The third-order valence-electron chi connectivity index (χ3n) is 5.44. The predicted octanol–water partition coefficient (Wildman–Crippen LogP) is 5.34. The minimum atomic E-state index is -3.57. The number of rotatable bonds is 5. The highest BCUT2D eigenvalue weighted by molar-refractivity contribution is 7.89. The quantitative estimate of drug-likeness (QED) is 0.575. The monoisotopic (exact) mass is 429 g/mol. The molecule has 1 aliphatic rings. The summed E-state index contributed by atoms with van der Waals surface area (Å²) in [5.41, 5.74) is 3.78. The van der Waals surface area contributed by atoms with Crippen LogP contribution in [0.25, 0.3) is 10.9 Å². The van der Waals surface area contributed by atoms with Crippen molar-refractivity contribution < 1.29 is 8.42 Å². The highest BCUT2D eigenvalue weighted by Crippen LogP contribution is 2.35. The normalized spacial score (nSPS) is 16.2. The van der Waals surface area contributed by atoms with E-state index in [-0.39, 0.29) is 4.90 Å². The summed E-state index contributed by atoms with van der Waals surface area (Å²) >= 11 is 6.27. The molecule has 3 aromatic rings. The zero-order valence-electron chi connectivity index (χ0n) is 16.3. The first kappa shape index (κ1) is 20.0. The first-order chi connectivity index (χ1) is 13.9. The van der Waals surface area contributed by atoms with Crippen LogP contribution in [0.4, 0.5) is 5.69 Å². The van der Waals surface area contributed by atoms with Gasteiger partial charge in [0.05, 0.1) is 15.6 Å². The van der Waals surface area contributed by atoms with Gasteiger partial charge in [-0.05, 0) is 55.5 Å². The maximum atomic E-state index is 13.1. The van der Waals surface area contributed by atoms with Crippen molar-refractivity contribution in [1.29, 1.82) is 0 Å². The molecule has 29 heavy (non-hydrogen) atoms. The molecular formula is C22H24ClN3O2S. The summed E-state index contributed by atoms with van der Waals surface area (Å²) in [6.45, 7) is 6.59. The molecule has 0 unspecified atom stereocenters. The average molecular weight is 430 g/mol. The van der Waals surface area contributed by atoms with Crippen LogP contribution in [-0.2, 0) is 10.0 Å². The molecule has 2 N–H and O–H groups in total. The molecule has 7 heteroatoms. The molecule has 1 saturated heterocycles. The van der Waals surface area contributed by atoms with Gasteiger partial charge in [-0.25, -0.2) is 8.42 Å². The minimum Gasteiger partial charge on any atom is -0.361 e. The van der Waals surface area contributed by atoms with Gasteiger partial charge in [0.1, 0.15) is 0 Å². The molecule has 2 aromatic carbocycles. The van der Waals surface area contributed by atoms with Crippen LogP contribution < -0.4 is 5.32 Å². The molecule has 4 rings (SSSR count). The molecule has 0 aliphatic carbocycles. The molecule has 5 nitrogen and oxygen atoms in total. The number of aromatic amines is 1. The van der Waals surface area contributed by atoms with Crippen LogP contribution in [0.5, 0.6) is 0 Å². The Bertz CT molecular complexity index is 1160. The minimum absolute atomic E-state index is 0.223. The van der Waals surface area contributed by atoms with Gasteiger partial charge in [-0.1, -0.05) is 36.4 Å². The Hall–Kier alpha value is -2.28. The molecule has 0 bridgehead atoms. The van der Waals surface area contributed by atoms with E-state index in [1.165, 1.54) is 17.0 Å². The number of para-hydroxylation sites is 1. The van der Waals surface area contributed by atoms with Gasteiger partial charge < -0.3 is 10.3 Å².